The average Bonchev–Trinajstić information content (AvgIpc) is 2.75. The van der Waals surface area contributed by atoms with Gasteiger partial charge in [-0.3, -0.25) is 13.9 Å². The van der Waals surface area contributed by atoms with Crippen LogP contribution in [0.4, 0.5) is 5.69 Å². The molecule has 174 valence electrons. The minimum absolute atomic E-state index is 0.199. The maximum absolute atomic E-state index is 13.4. The molecule has 1 N–H and O–H groups in total. The number of rotatable bonds is 10. The topological polar surface area (TPSA) is 86.8 Å². The number of aryl methyl sites for hydroxylation is 2. The van der Waals surface area contributed by atoms with Crippen LogP contribution in [0, 0.1) is 13.8 Å². The Labute approximate surface area is 191 Å². The summed E-state index contributed by atoms with van der Waals surface area (Å²) < 4.78 is 26.2. The summed E-state index contributed by atoms with van der Waals surface area (Å²) in [5.41, 5.74) is 3.23. The standard InChI is InChI=1S/C24H33N3O4S/c1-6-14-25-24(29)20(4)26(16-21-10-8-7-9-11-21)23(28)17-27(32(5,30)31)22-13-12-18(2)19(3)15-22/h7-13,15,20H,6,14,16-17H2,1-5H3,(H,25,29)/t20-/m1/s1. The number of nitrogens with zero attached hydrogens (tertiary/aromatic N) is 2. The third-order valence-corrected chi connectivity index (χ3v) is 6.51. The van der Waals surface area contributed by atoms with E-state index in [-0.39, 0.29) is 19.0 Å². The minimum atomic E-state index is -3.72. The Morgan fingerprint density at radius 1 is 1.03 bits per heavy atom. The molecule has 0 aliphatic rings. The fraction of sp³-hybridized carbons (Fsp3) is 0.417. The summed E-state index contributed by atoms with van der Waals surface area (Å²) in [6.45, 7) is 7.76. The maximum Gasteiger partial charge on any atom is 0.244 e. The molecule has 0 fully saturated rings. The molecule has 2 aromatic carbocycles. The van der Waals surface area contributed by atoms with Crippen LogP contribution in [0.5, 0.6) is 0 Å². The Kier molecular flexibility index (Phi) is 8.83. The summed E-state index contributed by atoms with van der Waals surface area (Å²) in [5.74, 6) is -0.718. The molecule has 2 amide bonds. The van der Waals surface area contributed by atoms with Gasteiger partial charge in [0.2, 0.25) is 21.8 Å². The van der Waals surface area contributed by atoms with Crippen molar-refractivity contribution < 1.29 is 18.0 Å². The molecule has 0 saturated carbocycles. The number of carbonyl (C=O) groups is 2. The number of sulfonamides is 1. The first-order chi connectivity index (χ1) is 15.0. The van der Waals surface area contributed by atoms with Crippen molar-refractivity contribution in [1.29, 1.82) is 0 Å². The molecular formula is C24H33N3O4S. The third-order valence-electron chi connectivity index (χ3n) is 5.37. The first-order valence-corrected chi connectivity index (χ1v) is 12.6. The molecule has 0 aliphatic heterocycles. The van der Waals surface area contributed by atoms with Gasteiger partial charge in [-0.1, -0.05) is 43.3 Å². The van der Waals surface area contributed by atoms with Gasteiger partial charge in [0, 0.05) is 13.1 Å². The number of amides is 2. The van der Waals surface area contributed by atoms with Crippen LogP contribution in [0.3, 0.4) is 0 Å². The minimum Gasteiger partial charge on any atom is -0.354 e. The summed E-state index contributed by atoms with van der Waals surface area (Å²) in [6, 6.07) is 13.8. The normalized spacial score (nSPS) is 12.2. The van der Waals surface area contributed by atoms with Crippen LogP contribution in [0.25, 0.3) is 0 Å². The Hall–Kier alpha value is -2.87. The smallest absolute Gasteiger partial charge is 0.244 e. The van der Waals surface area contributed by atoms with Crippen molar-refractivity contribution >= 4 is 27.5 Å². The van der Waals surface area contributed by atoms with E-state index < -0.39 is 22.0 Å². The van der Waals surface area contributed by atoms with Gasteiger partial charge in [-0.05, 0) is 56.0 Å². The maximum atomic E-state index is 13.4. The number of carbonyl (C=O) groups excluding carboxylic acids is 2. The molecule has 0 bridgehead atoms. The molecule has 0 aliphatic carbocycles. The molecule has 2 rings (SSSR count). The van der Waals surface area contributed by atoms with Crippen LogP contribution in [0.15, 0.2) is 48.5 Å². The summed E-state index contributed by atoms with van der Waals surface area (Å²) >= 11 is 0. The fourth-order valence-corrected chi connectivity index (χ4v) is 4.09. The lowest BCUT2D eigenvalue weighted by Crippen LogP contribution is -2.51. The zero-order valence-corrected chi connectivity index (χ0v) is 20.3. The van der Waals surface area contributed by atoms with Crippen molar-refractivity contribution in [3.8, 4) is 0 Å². The number of nitrogens with one attached hydrogen (secondary N) is 1. The quantitative estimate of drug-likeness (QED) is 0.592. The van der Waals surface area contributed by atoms with Crippen LogP contribution in [0.2, 0.25) is 0 Å². The van der Waals surface area contributed by atoms with Crippen molar-refractivity contribution in [2.24, 2.45) is 0 Å². The molecule has 32 heavy (non-hydrogen) atoms. The molecule has 0 unspecified atom stereocenters. The van der Waals surface area contributed by atoms with Gasteiger partial charge in [0.05, 0.1) is 11.9 Å². The highest BCUT2D eigenvalue weighted by atomic mass is 32.2. The lowest BCUT2D eigenvalue weighted by Gasteiger charge is -2.31. The van der Waals surface area contributed by atoms with Gasteiger partial charge in [-0.25, -0.2) is 8.42 Å². The monoisotopic (exact) mass is 459 g/mol. The molecular weight excluding hydrogens is 426 g/mol. The van der Waals surface area contributed by atoms with Crippen LogP contribution in [-0.4, -0.2) is 50.5 Å². The molecule has 0 aromatic heterocycles. The van der Waals surface area contributed by atoms with Crippen LogP contribution >= 0.6 is 0 Å². The molecule has 1 atom stereocenters. The number of hydrogen-bond donors (Lipinski definition) is 1. The Bertz CT molecular complexity index is 1040. The molecule has 7 nitrogen and oxygen atoms in total. The lowest BCUT2D eigenvalue weighted by molar-refractivity contribution is -0.139. The van der Waals surface area contributed by atoms with E-state index in [1.165, 1.54) is 4.90 Å². The highest BCUT2D eigenvalue weighted by Crippen LogP contribution is 2.22. The molecule has 0 heterocycles. The van der Waals surface area contributed by atoms with Gasteiger partial charge in [0.25, 0.3) is 0 Å². The second-order valence-corrected chi connectivity index (χ2v) is 9.92. The van der Waals surface area contributed by atoms with Crippen molar-refractivity contribution in [2.75, 3.05) is 23.7 Å². The Morgan fingerprint density at radius 3 is 2.25 bits per heavy atom. The van der Waals surface area contributed by atoms with E-state index >= 15 is 0 Å². The van der Waals surface area contributed by atoms with E-state index in [0.717, 1.165) is 33.7 Å². The number of hydrogen-bond acceptors (Lipinski definition) is 4. The molecule has 0 spiro atoms. The largest absolute Gasteiger partial charge is 0.354 e. The fourth-order valence-electron chi connectivity index (χ4n) is 3.25. The van der Waals surface area contributed by atoms with E-state index in [2.05, 4.69) is 5.32 Å². The van der Waals surface area contributed by atoms with Crippen LogP contribution < -0.4 is 9.62 Å². The SMILES string of the molecule is CCCNC(=O)[C@@H](C)N(Cc1ccccc1)C(=O)CN(c1ccc(C)c(C)c1)S(C)(=O)=O. The van der Waals surface area contributed by atoms with E-state index in [9.17, 15) is 18.0 Å². The molecule has 8 heteroatoms. The van der Waals surface area contributed by atoms with Gasteiger partial charge in [0.1, 0.15) is 12.6 Å². The molecule has 2 aromatic rings. The number of benzene rings is 2. The zero-order valence-electron chi connectivity index (χ0n) is 19.5. The van der Waals surface area contributed by atoms with Gasteiger partial charge in [-0.2, -0.15) is 0 Å². The van der Waals surface area contributed by atoms with Gasteiger partial charge < -0.3 is 10.2 Å². The Balaban J connectivity index is 2.36. The van der Waals surface area contributed by atoms with Crippen LogP contribution in [0.1, 0.15) is 37.0 Å². The zero-order chi connectivity index (χ0) is 23.9. The van der Waals surface area contributed by atoms with Crippen molar-refractivity contribution in [2.45, 2.75) is 46.7 Å². The molecule has 0 saturated heterocycles. The summed E-state index contributed by atoms with van der Waals surface area (Å²) in [6.07, 6.45) is 1.86. The lowest BCUT2D eigenvalue weighted by atomic mass is 10.1. The summed E-state index contributed by atoms with van der Waals surface area (Å²) in [4.78, 5) is 27.5. The third kappa shape index (κ3) is 6.82. The van der Waals surface area contributed by atoms with Crippen LogP contribution in [-0.2, 0) is 26.2 Å². The van der Waals surface area contributed by atoms with E-state index in [1.807, 2.05) is 57.2 Å². The van der Waals surface area contributed by atoms with Gasteiger partial charge >= 0.3 is 0 Å². The second kappa shape index (κ2) is 11.1. The summed E-state index contributed by atoms with van der Waals surface area (Å²) in [7, 11) is -3.72. The first kappa shape index (κ1) is 25.4. The van der Waals surface area contributed by atoms with E-state index in [4.69, 9.17) is 0 Å². The predicted octanol–water partition coefficient (Wildman–Crippen LogP) is 3.01. The Morgan fingerprint density at radius 2 is 1.69 bits per heavy atom. The average molecular weight is 460 g/mol. The van der Waals surface area contributed by atoms with Crippen molar-refractivity contribution in [3.63, 3.8) is 0 Å². The first-order valence-electron chi connectivity index (χ1n) is 10.7. The van der Waals surface area contributed by atoms with E-state index in [1.54, 1.807) is 19.1 Å². The molecule has 0 radical (unpaired) electrons. The van der Waals surface area contributed by atoms with Crippen molar-refractivity contribution in [3.05, 3.63) is 65.2 Å². The number of anilines is 1. The van der Waals surface area contributed by atoms with Gasteiger partial charge in [0.15, 0.2) is 0 Å². The van der Waals surface area contributed by atoms with Crippen molar-refractivity contribution in [1.82, 2.24) is 10.2 Å². The van der Waals surface area contributed by atoms with Gasteiger partial charge in [-0.15, -0.1) is 0 Å². The van der Waals surface area contributed by atoms with E-state index in [0.29, 0.717) is 12.2 Å². The highest BCUT2D eigenvalue weighted by molar-refractivity contribution is 7.92. The second-order valence-electron chi connectivity index (χ2n) is 8.01. The highest BCUT2D eigenvalue weighted by Gasteiger charge is 2.30. The summed E-state index contributed by atoms with van der Waals surface area (Å²) in [5, 5.41) is 2.82. The predicted molar refractivity (Wildman–Crippen MR) is 128 cm³/mol.